The average Bonchev–Trinajstić information content (AvgIpc) is 3.87. The van der Waals surface area contributed by atoms with Gasteiger partial charge in [-0.1, -0.05) is 170 Å². The van der Waals surface area contributed by atoms with E-state index in [1.54, 1.807) is 0 Å². The Bertz CT molecular complexity index is 3540. The molecule has 0 aliphatic heterocycles. The SMILES string of the molecule is c1ccc(-c2ccc(N(c3ccccc3)c3ccc(-n4c5cc6oc7ccccc7c6c(-c6ccccc6)c5c5cccc(-c6cccc7ccccc67)c54)cc3)cc2)cc1. The molecule has 0 spiro atoms. The summed E-state index contributed by atoms with van der Waals surface area (Å²) in [7, 11) is 0. The van der Waals surface area contributed by atoms with Crippen molar-refractivity contribution in [2.45, 2.75) is 0 Å². The third kappa shape index (κ3) is 5.74. The fourth-order valence-electron chi connectivity index (χ4n) is 9.48. The van der Waals surface area contributed by atoms with Crippen molar-refractivity contribution >= 4 is 71.6 Å². The van der Waals surface area contributed by atoms with Gasteiger partial charge in [0.05, 0.1) is 11.0 Å². The first-order valence-corrected chi connectivity index (χ1v) is 20.8. The van der Waals surface area contributed by atoms with E-state index < -0.39 is 0 Å². The number of aromatic nitrogens is 1. The molecule has 3 nitrogen and oxygen atoms in total. The standard InChI is InChI=1S/C58H38N2O/c1-4-16-39(17-5-1)40-30-32-44(33-31-40)59(43-22-8-3-9-23-43)45-34-36-46(37-35-45)60-52-38-54-57(50-25-12-13-29-53(50)61-54)55(42-19-6-2-7-20-42)56(52)51-28-15-27-49(58(51)60)48-26-14-21-41-18-10-11-24-47(41)48/h1-38H. The van der Waals surface area contributed by atoms with E-state index >= 15 is 0 Å². The van der Waals surface area contributed by atoms with Gasteiger partial charge in [0.1, 0.15) is 11.2 Å². The van der Waals surface area contributed by atoms with Crippen LogP contribution in [0.5, 0.6) is 0 Å². The molecule has 12 aromatic rings. The molecule has 2 aromatic heterocycles. The minimum Gasteiger partial charge on any atom is -0.456 e. The van der Waals surface area contributed by atoms with Crippen LogP contribution in [-0.2, 0) is 0 Å². The normalized spacial score (nSPS) is 11.6. The summed E-state index contributed by atoms with van der Waals surface area (Å²) in [4.78, 5) is 2.33. The number of fused-ring (bicyclic) bond motifs is 7. The number of nitrogens with zero attached hydrogens (tertiary/aromatic N) is 2. The Balaban J connectivity index is 1.13. The lowest BCUT2D eigenvalue weighted by Gasteiger charge is -2.26. The summed E-state index contributed by atoms with van der Waals surface area (Å²) in [6.07, 6.45) is 0. The monoisotopic (exact) mass is 778 g/mol. The molecule has 0 saturated heterocycles. The molecule has 0 saturated carbocycles. The van der Waals surface area contributed by atoms with E-state index in [1.807, 2.05) is 0 Å². The van der Waals surface area contributed by atoms with Gasteiger partial charge in [-0.3, -0.25) is 0 Å². The number of hydrogen-bond donors (Lipinski definition) is 0. The van der Waals surface area contributed by atoms with Gasteiger partial charge in [0.15, 0.2) is 0 Å². The largest absolute Gasteiger partial charge is 0.456 e. The maximum absolute atomic E-state index is 6.75. The fraction of sp³-hybridized carbons (Fsp3) is 0. The van der Waals surface area contributed by atoms with Gasteiger partial charge in [-0.15, -0.1) is 0 Å². The molecule has 3 heteroatoms. The van der Waals surface area contributed by atoms with Crippen molar-refractivity contribution in [2.24, 2.45) is 0 Å². The Morgan fingerprint density at radius 2 is 0.902 bits per heavy atom. The van der Waals surface area contributed by atoms with E-state index in [2.05, 4.69) is 240 Å². The number of rotatable bonds is 7. The van der Waals surface area contributed by atoms with Crippen LogP contribution < -0.4 is 4.90 Å². The van der Waals surface area contributed by atoms with Crippen LogP contribution in [-0.4, -0.2) is 4.57 Å². The van der Waals surface area contributed by atoms with E-state index in [-0.39, 0.29) is 0 Å². The van der Waals surface area contributed by atoms with Crippen LogP contribution in [0.3, 0.4) is 0 Å². The molecule has 2 heterocycles. The van der Waals surface area contributed by atoms with Gasteiger partial charge < -0.3 is 13.9 Å². The Morgan fingerprint density at radius 1 is 0.361 bits per heavy atom. The van der Waals surface area contributed by atoms with Crippen molar-refractivity contribution in [1.29, 1.82) is 0 Å². The molecule has 0 fully saturated rings. The van der Waals surface area contributed by atoms with Crippen molar-refractivity contribution in [3.8, 4) is 39.1 Å². The predicted octanol–water partition coefficient (Wildman–Crippen LogP) is 16.3. The Hall–Kier alpha value is -8.14. The summed E-state index contributed by atoms with van der Waals surface area (Å²) < 4.78 is 9.21. The lowest BCUT2D eigenvalue weighted by atomic mass is 9.93. The van der Waals surface area contributed by atoms with Crippen LogP contribution in [0, 0.1) is 0 Å². The third-order valence-corrected chi connectivity index (χ3v) is 12.2. The fourth-order valence-corrected chi connectivity index (χ4v) is 9.48. The van der Waals surface area contributed by atoms with Gasteiger partial charge in [-0.05, 0) is 87.6 Å². The average molecular weight is 779 g/mol. The van der Waals surface area contributed by atoms with Crippen molar-refractivity contribution < 1.29 is 4.42 Å². The zero-order valence-electron chi connectivity index (χ0n) is 33.2. The van der Waals surface area contributed by atoms with Gasteiger partial charge in [0.2, 0.25) is 0 Å². The Morgan fingerprint density at radius 3 is 1.66 bits per heavy atom. The van der Waals surface area contributed by atoms with Crippen LogP contribution in [0.25, 0.3) is 93.6 Å². The third-order valence-electron chi connectivity index (χ3n) is 12.2. The first-order valence-electron chi connectivity index (χ1n) is 20.8. The van der Waals surface area contributed by atoms with Crippen molar-refractivity contribution in [3.63, 3.8) is 0 Å². The van der Waals surface area contributed by atoms with Crippen molar-refractivity contribution in [1.82, 2.24) is 4.57 Å². The molecule has 286 valence electrons. The molecule has 0 unspecified atom stereocenters. The molecule has 61 heavy (non-hydrogen) atoms. The van der Waals surface area contributed by atoms with Gasteiger partial charge >= 0.3 is 0 Å². The minimum atomic E-state index is 0.870. The maximum atomic E-state index is 6.75. The molecule has 10 aromatic carbocycles. The van der Waals surface area contributed by atoms with Crippen LogP contribution in [0.15, 0.2) is 235 Å². The van der Waals surface area contributed by atoms with Gasteiger partial charge in [-0.2, -0.15) is 0 Å². The Labute approximate surface area is 353 Å². The molecule has 0 bridgehead atoms. The number of benzene rings is 10. The minimum absolute atomic E-state index is 0.870. The number of anilines is 3. The summed E-state index contributed by atoms with van der Waals surface area (Å²) >= 11 is 0. The highest BCUT2D eigenvalue weighted by Gasteiger charge is 2.25. The number of para-hydroxylation sites is 3. The van der Waals surface area contributed by atoms with E-state index in [4.69, 9.17) is 4.42 Å². The number of hydrogen-bond acceptors (Lipinski definition) is 2. The molecule has 0 aliphatic rings. The van der Waals surface area contributed by atoms with Gasteiger partial charge in [0.25, 0.3) is 0 Å². The molecular formula is C58H38N2O. The zero-order valence-corrected chi connectivity index (χ0v) is 33.2. The van der Waals surface area contributed by atoms with Crippen molar-refractivity contribution in [3.05, 3.63) is 231 Å². The molecule has 0 atom stereocenters. The molecule has 12 rings (SSSR count). The second-order valence-corrected chi connectivity index (χ2v) is 15.6. The lowest BCUT2D eigenvalue weighted by molar-refractivity contribution is 0.669. The smallest absolute Gasteiger partial charge is 0.138 e. The summed E-state index contributed by atoms with van der Waals surface area (Å²) in [6, 6.07) is 82.7. The second kappa shape index (κ2) is 14.3. The maximum Gasteiger partial charge on any atom is 0.138 e. The molecule has 0 aliphatic carbocycles. The summed E-state index contributed by atoms with van der Waals surface area (Å²) in [5, 5.41) is 7.10. The quantitative estimate of drug-likeness (QED) is 0.161. The second-order valence-electron chi connectivity index (χ2n) is 15.6. The molecular weight excluding hydrogens is 741 g/mol. The van der Waals surface area contributed by atoms with Crippen LogP contribution in [0.2, 0.25) is 0 Å². The molecule has 0 amide bonds. The lowest BCUT2D eigenvalue weighted by Crippen LogP contribution is -2.10. The zero-order chi connectivity index (χ0) is 40.3. The first kappa shape index (κ1) is 34.9. The van der Waals surface area contributed by atoms with Gasteiger partial charge in [-0.25, -0.2) is 0 Å². The predicted molar refractivity (Wildman–Crippen MR) is 257 cm³/mol. The van der Waals surface area contributed by atoms with E-state index in [9.17, 15) is 0 Å². The summed E-state index contributed by atoms with van der Waals surface area (Å²) in [6.45, 7) is 0. The van der Waals surface area contributed by atoms with Gasteiger partial charge in [0, 0.05) is 61.5 Å². The Kier molecular flexibility index (Phi) is 8.17. The highest BCUT2D eigenvalue weighted by Crippen LogP contribution is 2.48. The van der Waals surface area contributed by atoms with Crippen LogP contribution >= 0.6 is 0 Å². The molecule has 0 radical (unpaired) electrons. The number of furan rings is 1. The van der Waals surface area contributed by atoms with Crippen LogP contribution in [0.4, 0.5) is 17.1 Å². The topological polar surface area (TPSA) is 21.3 Å². The summed E-state index contributed by atoms with van der Waals surface area (Å²) in [5.74, 6) is 0. The molecule has 0 N–H and O–H groups in total. The van der Waals surface area contributed by atoms with Crippen molar-refractivity contribution in [2.75, 3.05) is 4.90 Å². The highest BCUT2D eigenvalue weighted by molar-refractivity contribution is 6.28. The van der Waals surface area contributed by atoms with E-state index in [0.29, 0.717) is 0 Å². The highest BCUT2D eigenvalue weighted by atomic mass is 16.3. The van der Waals surface area contributed by atoms with E-state index in [1.165, 1.54) is 49.4 Å². The summed E-state index contributed by atoms with van der Waals surface area (Å²) in [5.41, 5.74) is 15.5. The first-order chi connectivity index (χ1) is 30.3. The van der Waals surface area contributed by atoms with E-state index in [0.717, 1.165) is 61.3 Å². The van der Waals surface area contributed by atoms with Crippen LogP contribution in [0.1, 0.15) is 0 Å².